The SMILES string of the molecule is Cc1ccc(NC(=O)Nc2ccccc2C#N)cc1C. The van der Waals surface area contributed by atoms with E-state index >= 15 is 0 Å². The second kappa shape index (κ2) is 5.89. The van der Waals surface area contributed by atoms with E-state index in [1.165, 1.54) is 5.56 Å². The summed E-state index contributed by atoms with van der Waals surface area (Å²) in [5, 5.41) is 14.4. The van der Waals surface area contributed by atoms with Crippen LogP contribution in [0.3, 0.4) is 0 Å². The highest BCUT2D eigenvalue weighted by atomic mass is 16.2. The number of hydrogen-bond donors (Lipinski definition) is 2. The molecule has 0 unspecified atom stereocenters. The molecule has 0 aromatic heterocycles. The lowest BCUT2D eigenvalue weighted by molar-refractivity contribution is 0.262. The first kappa shape index (κ1) is 13.6. The van der Waals surface area contributed by atoms with Gasteiger partial charge < -0.3 is 10.6 Å². The molecule has 0 bridgehead atoms. The van der Waals surface area contributed by atoms with E-state index in [-0.39, 0.29) is 6.03 Å². The van der Waals surface area contributed by atoms with Gasteiger partial charge in [0.05, 0.1) is 11.3 Å². The van der Waals surface area contributed by atoms with Crippen LogP contribution >= 0.6 is 0 Å². The normalized spacial score (nSPS) is 9.65. The molecule has 4 nitrogen and oxygen atoms in total. The van der Waals surface area contributed by atoms with Crippen molar-refractivity contribution >= 4 is 17.4 Å². The third kappa shape index (κ3) is 3.15. The van der Waals surface area contributed by atoms with Crippen LogP contribution in [-0.2, 0) is 0 Å². The molecule has 2 aromatic carbocycles. The number of nitrogens with zero attached hydrogens (tertiary/aromatic N) is 1. The Morgan fingerprint density at radius 1 is 1.05 bits per heavy atom. The number of carbonyl (C=O) groups excluding carboxylic acids is 1. The van der Waals surface area contributed by atoms with Crippen molar-refractivity contribution in [2.75, 3.05) is 10.6 Å². The van der Waals surface area contributed by atoms with Crippen LogP contribution < -0.4 is 10.6 Å². The van der Waals surface area contributed by atoms with Gasteiger partial charge in [-0.15, -0.1) is 0 Å². The lowest BCUT2D eigenvalue weighted by Crippen LogP contribution is -2.20. The Kier molecular flexibility index (Phi) is 4.02. The van der Waals surface area contributed by atoms with Crippen LogP contribution in [0.2, 0.25) is 0 Å². The number of carbonyl (C=O) groups is 1. The topological polar surface area (TPSA) is 64.9 Å². The summed E-state index contributed by atoms with van der Waals surface area (Å²) in [6.07, 6.45) is 0. The van der Waals surface area contributed by atoms with Crippen LogP contribution in [-0.4, -0.2) is 6.03 Å². The maximum Gasteiger partial charge on any atom is 0.323 e. The molecule has 100 valence electrons. The summed E-state index contributed by atoms with van der Waals surface area (Å²) in [6.45, 7) is 4.01. The van der Waals surface area contributed by atoms with E-state index in [0.29, 0.717) is 11.3 Å². The van der Waals surface area contributed by atoms with Crippen molar-refractivity contribution in [1.82, 2.24) is 0 Å². The number of amides is 2. The van der Waals surface area contributed by atoms with Gasteiger partial charge in [-0.25, -0.2) is 4.79 Å². The lowest BCUT2D eigenvalue weighted by Gasteiger charge is -2.10. The zero-order chi connectivity index (χ0) is 14.5. The van der Waals surface area contributed by atoms with Crippen molar-refractivity contribution in [3.05, 3.63) is 59.2 Å². The Morgan fingerprint density at radius 2 is 1.80 bits per heavy atom. The first-order valence-electron chi connectivity index (χ1n) is 6.24. The minimum atomic E-state index is -0.365. The summed E-state index contributed by atoms with van der Waals surface area (Å²) < 4.78 is 0. The Morgan fingerprint density at radius 3 is 2.50 bits per heavy atom. The maximum absolute atomic E-state index is 11.9. The Balaban J connectivity index is 2.09. The summed E-state index contributed by atoms with van der Waals surface area (Å²) in [5.41, 5.74) is 3.94. The maximum atomic E-state index is 11.9. The van der Waals surface area contributed by atoms with Crippen LogP contribution in [0.25, 0.3) is 0 Å². The number of para-hydroxylation sites is 1. The molecular formula is C16H15N3O. The molecule has 0 spiro atoms. The van der Waals surface area contributed by atoms with Crippen molar-refractivity contribution in [1.29, 1.82) is 5.26 Å². The molecule has 0 heterocycles. The van der Waals surface area contributed by atoms with E-state index in [4.69, 9.17) is 5.26 Å². The average Bonchev–Trinajstić information content (AvgIpc) is 2.43. The number of hydrogen-bond acceptors (Lipinski definition) is 2. The molecule has 2 rings (SSSR count). The molecule has 2 N–H and O–H groups in total. The number of aryl methyl sites for hydroxylation is 2. The molecule has 0 radical (unpaired) electrons. The van der Waals surface area contributed by atoms with E-state index in [2.05, 4.69) is 10.6 Å². The zero-order valence-corrected chi connectivity index (χ0v) is 11.4. The summed E-state index contributed by atoms with van der Waals surface area (Å²) in [4.78, 5) is 11.9. The van der Waals surface area contributed by atoms with Gasteiger partial charge in [0, 0.05) is 5.69 Å². The number of urea groups is 1. The van der Waals surface area contributed by atoms with E-state index in [1.807, 2.05) is 38.1 Å². The molecule has 2 aromatic rings. The molecule has 0 saturated heterocycles. The van der Waals surface area contributed by atoms with Gasteiger partial charge in [0.15, 0.2) is 0 Å². The number of anilines is 2. The third-order valence-corrected chi connectivity index (χ3v) is 3.06. The van der Waals surface area contributed by atoms with Crippen molar-refractivity contribution in [3.8, 4) is 6.07 Å². The first-order chi connectivity index (χ1) is 9.60. The lowest BCUT2D eigenvalue weighted by atomic mass is 10.1. The summed E-state index contributed by atoms with van der Waals surface area (Å²) >= 11 is 0. The molecule has 0 aliphatic carbocycles. The zero-order valence-electron chi connectivity index (χ0n) is 11.4. The Bertz CT molecular complexity index is 686. The number of nitriles is 1. The number of rotatable bonds is 2. The summed E-state index contributed by atoms with van der Waals surface area (Å²) in [6, 6.07) is 14.3. The predicted molar refractivity (Wildman–Crippen MR) is 79.7 cm³/mol. The van der Waals surface area contributed by atoms with Gasteiger partial charge in [-0.1, -0.05) is 18.2 Å². The van der Waals surface area contributed by atoms with Crippen LogP contribution in [0.4, 0.5) is 16.2 Å². The Hall–Kier alpha value is -2.80. The van der Waals surface area contributed by atoms with Crippen molar-refractivity contribution in [2.24, 2.45) is 0 Å². The van der Waals surface area contributed by atoms with Crippen molar-refractivity contribution in [2.45, 2.75) is 13.8 Å². The third-order valence-electron chi connectivity index (χ3n) is 3.06. The number of nitrogens with one attached hydrogen (secondary N) is 2. The van der Waals surface area contributed by atoms with E-state index < -0.39 is 0 Å². The fourth-order valence-corrected chi connectivity index (χ4v) is 1.79. The average molecular weight is 265 g/mol. The minimum Gasteiger partial charge on any atom is -0.308 e. The number of benzene rings is 2. The molecule has 20 heavy (non-hydrogen) atoms. The van der Waals surface area contributed by atoms with Crippen molar-refractivity contribution in [3.63, 3.8) is 0 Å². The van der Waals surface area contributed by atoms with Gasteiger partial charge >= 0.3 is 6.03 Å². The van der Waals surface area contributed by atoms with E-state index in [1.54, 1.807) is 24.3 Å². The molecule has 2 amide bonds. The predicted octanol–water partition coefficient (Wildman–Crippen LogP) is 3.82. The largest absolute Gasteiger partial charge is 0.323 e. The van der Waals surface area contributed by atoms with Gasteiger partial charge in [0.1, 0.15) is 6.07 Å². The minimum absolute atomic E-state index is 0.365. The monoisotopic (exact) mass is 265 g/mol. The van der Waals surface area contributed by atoms with E-state index in [0.717, 1.165) is 11.3 Å². The van der Waals surface area contributed by atoms with Crippen LogP contribution in [0.15, 0.2) is 42.5 Å². The molecule has 0 fully saturated rings. The van der Waals surface area contributed by atoms with Gasteiger partial charge in [0.25, 0.3) is 0 Å². The smallest absolute Gasteiger partial charge is 0.308 e. The molecule has 0 atom stereocenters. The molecule has 4 heteroatoms. The highest BCUT2D eigenvalue weighted by Crippen LogP contribution is 2.16. The fraction of sp³-hybridized carbons (Fsp3) is 0.125. The van der Waals surface area contributed by atoms with Gasteiger partial charge in [-0.05, 0) is 49.2 Å². The van der Waals surface area contributed by atoms with E-state index in [9.17, 15) is 4.79 Å². The fourth-order valence-electron chi connectivity index (χ4n) is 1.79. The highest BCUT2D eigenvalue weighted by Gasteiger charge is 2.06. The molecule has 0 aliphatic rings. The van der Waals surface area contributed by atoms with Gasteiger partial charge in [-0.2, -0.15) is 5.26 Å². The Labute approximate surface area is 118 Å². The quantitative estimate of drug-likeness (QED) is 0.866. The van der Waals surface area contributed by atoms with Gasteiger partial charge in [-0.3, -0.25) is 0 Å². The van der Waals surface area contributed by atoms with Crippen LogP contribution in [0.5, 0.6) is 0 Å². The highest BCUT2D eigenvalue weighted by molar-refractivity contribution is 6.00. The van der Waals surface area contributed by atoms with Crippen LogP contribution in [0, 0.1) is 25.2 Å². The second-order valence-corrected chi connectivity index (χ2v) is 4.54. The molecule has 0 saturated carbocycles. The molecule has 0 aliphatic heterocycles. The van der Waals surface area contributed by atoms with Crippen molar-refractivity contribution < 1.29 is 4.79 Å². The molecular weight excluding hydrogens is 250 g/mol. The standard InChI is InChI=1S/C16H15N3O/c1-11-7-8-14(9-12(11)2)18-16(20)19-15-6-4-3-5-13(15)10-17/h3-9H,1-2H3,(H2,18,19,20). The first-order valence-corrected chi connectivity index (χ1v) is 6.24. The summed E-state index contributed by atoms with van der Waals surface area (Å²) in [5.74, 6) is 0. The van der Waals surface area contributed by atoms with Crippen LogP contribution in [0.1, 0.15) is 16.7 Å². The van der Waals surface area contributed by atoms with Gasteiger partial charge in [0.2, 0.25) is 0 Å². The summed E-state index contributed by atoms with van der Waals surface area (Å²) in [7, 11) is 0. The second-order valence-electron chi connectivity index (χ2n) is 4.54.